The van der Waals surface area contributed by atoms with Gasteiger partial charge in [0.2, 0.25) is 5.91 Å². The predicted octanol–water partition coefficient (Wildman–Crippen LogP) is 3.04. The number of nitrogens with two attached hydrogens (primary N) is 1. The number of H-pyrrole nitrogens is 1. The molecule has 0 saturated carbocycles. The van der Waals surface area contributed by atoms with Crippen LogP contribution in [0, 0.1) is 0 Å². The number of fused-ring (bicyclic) bond motifs is 1. The molecule has 1 amide bonds. The van der Waals surface area contributed by atoms with Crippen molar-refractivity contribution in [1.82, 2.24) is 10.3 Å². The third-order valence-corrected chi connectivity index (χ3v) is 3.98. The average Bonchev–Trinajstić information content (AvgIpc) is 2.97. The fourth-order valence-electron chi connectivity index (χ4n) is 2.77. The Balaban J connectivity index is 1.46. The molecule has 118 valence electrons. The number of aromatic amines is 1. The van der Waals surface area contributed by atoms with Crippen LogP contribution in [0.25, 0.3) is 10.9 Å². The van der Waals surface area contributed by atoms with Gasteiger partial charge in [-0.3, -0.25) is 4.79 Å². The van der Waals surface area contributed by atoms with E-state index in [1.165, 1.54) is 10.9 Å². The maximum atomic E-state index is 11.9. The maximum absolute atomic E-state index is 11.9. The average molecular weight is 307 g/mol. The van der Waals surface area contributed by atoms with Crippen LogP contribution >= 0.6 is 0 Å². The van der Waals surface area contributed by atoms with Gasteiger partial charge in [0.1, 0.15) is 0 Å². The highest BCUT2D eigenvalue weighted by Crippen LogP contribution is 2.17. The summed E-state index contributed by atoms with van der Waals surface area (Å²) in [5.41, 5.74) is 9.94. The summed E-state index contributed by atoms with van der Waals surface area (Å²) in [6.07, 6.45) is 4.04. The molecule has 0 saturated heterocycles. The summed E-state index contributed by atoms with van der Waals surface area (Å²) < 4.78 is 0. The van der Waals surface area contributed by atoms with E-state index >= 15 is 0 Å². The van der Waals surface area contributed by atoms with E-state index in [4.69, 9.17) is 5.73 Å². The number of hydrogen-bond acceptors (Lipinski definition) is 2. The van der Waals surface area contributed by atoms with Crippen LogP contribution in [0.15, 0.2) is 54.7 Å². The SMILES string of the molecule is Nc1cccc(CCC(=O)NCCc2c[nH]c3ccccc23)c1. The first-order valence-electron chi connectivity index (χ1n) is 7.88. The minimum absolute atomic E-state index is 0.0762. The van der Waals surface area contributed by atoms with Crippen molar-refractivity contribution < 1.29 is 4.79 Å². The van der Waals surface area contributed by atoms with E-state index in [0.29, 0.717) is 19.4 Å². The zero-order valence-electron chi connectivity index (χ0n) is 13.0. The molecule has 0 aliphatic heterocycles. The highest BCUT2D eigenvalue weighted by molar-refractivity contribution is 5.83. The lowest BCUT2D eigenvalue weighted by molar-refractivity contribution is -0.121. The molecule has 0 aliphatic carbocycles. The Hall–Kier alpha value is -2.75. The number of para-hydroxylation sites is 1. The molecule has 0 bridgehead atoms. The number of hydrogen-bond donors (Lipinski definition) is 3. The fraction of sp³-hybridized carbons (Fsp3) is 0.211. The predicted molar refractivity (Wildman–Crippen MR) is 94.2 cm³/mol. The molecule has 3 rings (SSSR count). The van der Waals surface area contributed by atoms with E-state index in [1.807, 2.05) is 42.6 Å². The lowest BCUT2D eigenvalue weighted by Crippen LogP contribution is -2.25. The monoisotopic (exact) mass is 307 g/mol. The number of rotatable bonds is 6. The van der Waals surface area contributed by atoms with E-state index in [2.05, 4.69) is 22.4 Å². The molecule has 4 heteroatoms. The van der Waals surface area contributed by atoms with Crippen LogP contribution in [0.5, 0.6) is 0 Å². The number of amides is 1. The van der Waals surface area contributed by atoms with Crippen LogP contribution in [0.3, 0.4) is 0 Å². The van der Waals surface area contributed by atoms with E-state index in [0.717, 1.165) is 23.2 Å². The lowest BCUT2D eigenvalue weighted by Gasteiger charge is -2.05. The van der Waals surface area contributed by atoms with Gasteiger partial charge in [-0.15, -0.1) is 0 Å². The quantitative estimate of drug-likeness (QED) is 0.613. The third kappa shape index (κ3) is 3.92. The molecule has 0 spiro atoms. The van der Waals surface area contributed by atoms with Crippen molar-refractivity contribution in [3.05, 3.63) is 65.9 Å². The summed E-state index contributed by atoms with van der Waals surface area (Å²) in [5.74, 6) is 0.0762. The number of carbonyl (C=O) groups excluding carboxylic acids is 1. The number of nitrogen functional groups attached to an aromatic ring is 1. The Morgan fingerprint density at radius 3 is 2.83 bits per heavy atom. The van der Waals surface area contributed by atoms with Crippen molar-refractivity contribution in [3.8, 4) is 0 Å². The third-order valence-electron chi connectivity index (χ3n) is 3.98. The molecule has 0 atom stereocenters. The van der Waals surface area contributed by atoms with E-state index in [-0.39, 0.29) is 5.91 Å². The van der Waals surface area contributed by atoms with Gasteiger partial charge in [-0.25, -0.2) is 0 Å². The van der Waals surface area contributed by atoms with Crippen molar-refractivity contribution in [1.29, 1.82) is 0 Å². The van der Waals surface area contributed by atoms with E-state index in [9.17, 15) is 4.79 Å². The number of aromatic nitrogens is 1. The molecule has 4 nitrogen and oxygen atoms in total. The van der Waals surface area contributed by atoms with Crippen LogP contribution in [0.2, 0.25) is 0 Å². The second kappa shape index (κ2) is 7.01. The second-order valence-electron chi connectivity index (χ2n) is 5.70. The first-order chi connectivity index (χ1) is 11.2. The summed E-state index contributed by atoms with van der Waals surface area (Å²) in [7, 11) is 0. The van der Waals surface area contributed by atoms with Crippen LogP contribution in [0.1, 0.15) is 17.5 Å². The minimum atomic E-state index is 0.0762. The van der Waals surface area contributed by atoms with Crippen LogP contribution in [0.4, 0.5) is 5.69 Å². The van der Waals surface area contributed by atoms with Gasteiger partial charge >= 0.3 is 0 Å². The van der Waals surface area contributed by atoms with Gasteiger partial charge in [-0.1, -0.05) is 30.3 Å². The molecule has 23 heavy (non-hydrogen) atoms. The molecule has 0 fully saturated rings. The number of nitrogens with one attached hydrogen (secondary N) is 2. The normalized spacial score (nSPS) is 10.8. The number of carbonyl (C=O) groups is 1. The fourth-order valence-corrected chi connectivity index (χ4v) is 2.77. The number of benzene rings is 2. The van der Waals surface area contributed by atoms with Crippen LogP contribution in [-0.2, 0) is 17.6 Å². The summed E-state index contributed by atoms with van der Waals surface area (Å²) in [4.78, 5) is 15.2. The number of aryl methyl sites for hydroxylation is 1. The molecule has 0 radical (unpaired) electrons. The molecule has 4 N–H and O–H groups in total. The highest BCUT2D eigenvalue weighted by Gasteiger charge is 2.05. The zero-order chi connectivity index (χ0) is 16.1. The van der Waals surface area contributed by atoms with Crippen molar-refractivity contribution in [3.63, 3.8) is 0 Å². The van der Waals surface area contributed by atoms with E-state index in [1.54, 1.807) is 0 Å². The molecule has 0 unspecified atom stereocenters. The molecular formula is C19H21N3O. The summed E-state index contributed by atoms with van der Waals surface area (Å²) in [5, 5.41) is 4.21. The first-order valence-corrected chi connectivity index (χ1v) is 7.88. The van der Waals surface area contributed by atoms with Gasteiger partial charge in [0.25, 0.3) is 0 Å². The minimum Gasteiger partial charge on any atom is -0.399 e. The first kappa shape index (κ1) is 15.2. The van der Waals surface area contributed by atoms with Crippen LogP contribution < -0.4 is 11.1 Å². The van der Waals surface area contributed by atoms with Gasteiger partial charge in [0.05, 0.1) is 0 Å². The summed E-state index contributed by atoms with van der Waals surface area (Å²) in [6.45, 7) is 0.650. The zero-order valence-corrected chi connectivity index (χ0v) is 13.0. The Labute approximate surface area is 135 Å². The smallest absolute Gasteiger partial charge is 0.220 e. The molecular weight excluding hydrogens is 286 g/mol. The Morgan fingerprint density at radius 1 is 1.09 bits per heavy atom. The maximum Gasteiger partial charge on any atom is 0.220 e. The molecule has 1 heterocycles. The summed E-state index contributed by atoms with van der Waals surface area (Å²) in [6, 6.07) is 15.9. The Morgan fingerprint density at radius 2 is 1.96 bits per heavy atom. The van der Waals surface area contributed by atoms with Gasteiger partial charge in [0, 0.05) is 35.8 Å². The van der Waals surface area contributed by atoms with Gasteiger partial charge in [-0.2, -0.15) is 0 Å². The Kier molecular flexibility index (Phi) is 4.62. The van der Waals surface area contributed by atoms with Crippen molar-refractivity contribution in [2.75, 3.05) is 12.3 Å². The largest absolute Gasteiger partial charge is 0.399 e. The second-order valence-corrected chi connectivity index (χ2v) is 5.70. The standard InChI is InChI=1S/C19H21N3O/c20-16-5-3-4-14(12-16)8-9-19(23)21-11-10-15-13-22-18-7-2-1-6-17(15)18/h1-7,12-13,22H,8-11,20H2,(H,21,23). The van der Waals surface area contributed by atoms with Crippen molar-refractivity contribution >= 4 is 22.5 Å². The molecule has 2 aromatic carbocycles. The lowest BCUT2D eigenvalue weighted by atomic mass is 10.1. The van der Waals surface area contributed by atoms with Crippen molar-refractivity contribution in [2.45, 2.75) is 19.3 Å². The van der Waals surface area contributed by atoms with E-state index < -0.39 is 0 Å². The number of anilines is 1. The topological polar surface area (TPSA) is 70.9 Å². The summed E-state index contributed by atoms with van der Waals surface area (Å²) >= 11 is 0. The van der Waals surface area contributed by atoms with Gasteiger partial charge in [-0.05, 0) is 42.2 Å². The molecule has 1 aromatic heterocycles. The molecule has 3 aromatic rings. The molecule has 0 aliphatic rings. The highest BCUT2D eigenvalue weighted by atomic mass is 16.1. The van der Waals surface area contributed by atoms with Gasteiger partial charge in [0.15, 0.2) is 0 Å². The Bertz CT molecular complexity index is 807. The van der Waals surface area contributed by atoms with Gasteiger partial charge < -0.3 is 16.0 Å². The van der Waals surface area contributed by atoms with Crippen molar-refractivity contribution in [2.24, 2.45) is 0 Å². The van der Waals surface area contributed by atoms with Crippen LogP contribution in [-0.4, -0.2) is 17.4 Å².